The SMILES string of the molecule is COC(=O)c1cnc(C(C)O)c2c1OCC2. The van der Waals surface area contributed by atoms with E-state index in [0.29, 0.717) is 30.0 Å². The van der Waals surface area contributed by atoms with Gasteiger partial charge in [0.05, 0.1) is 25.5 Å². The van der Waals surface area contributed by atoms with Crippen LogP contribution in [0.3, 0.4) is 0 Å². The molecule has 1 aromatic rings. The third-order valence-corrected chi connectivity index (χ3v) is 2.56. The van der Waals surface area contributed by atoms with Crippen molar-refractivity contribution in [2.24, 2.45) is 0 Å². The van der Waals surface area contributed by atoms with Crippen LogP contribution in [0.5, 0.6) is 5.75 Å². The van der Waals surface area contributed by atoms with Gasteiger partial charge in [0, 0.05) is 18.2 Å². The molecule has 0 fully saturated rings. The molecule has 0 aliphatic carbocycles. The molecule has 1 aliphatic heterocycles. The van der Waals surface area contributed by atoms with E-state index in [1.807, 2.05) is 0 Å². The molecule has 86 valence electrons. The number of nitrogens with zero attached hydrogens (tertiary/aromatic N) is 1. The van der Waals surface area contributed by atoms with Crippen LogP contribution in [0.15, 0.2) is 6.20 Å². The predicted octanol–water partition coefficient (Wildman–Crippen LogP) is 0.856. The molecule has 0 spiro atoms. The molecule has 0 saturated heterocycles. The van der Waals surface area contributed by atoms with Gasteiger partial charge >= 0.3 is 5.97 Å². The van der Waals surface area contributed by atoms with E-state index in [4.69, 9.17) is 4.74 Å². The normalized spacial score (nSPS) is 15.2. The van der Waals surface area contributed by atoms with Crippen LogP contribution in [0.4, 0.5) is 0 Å². The number of rotatable bonds is 2. The van der Waals surface area contributed by atoms with Crippen molar-refractivity contribution in [1.82, 2.24) is 4.98 Å². The van der Waals surface area contributed by atoms with Crippen LogP contribution >= 0.6 is 0 Å². The first-order valence-electron chi connectivity index (χ1n) is 5.06. The van der Waals surface area contributed by atoms with Crippen molar-refractivity contribution < 1.29 is 19.4 Å². The number of hydrogen-bond acceptors (Lipinski definition) is 5. The van der Waals surface area contributed by atoms with Gasteiger partial charge in [-0.25, -0.2) is 4.79 Å². The van der Waals surface area contributed by atoms with Crippen LogP contribution in [-0.4, -0.2) is 29.8 Å². The minimum Gasteiger partial charge on any atom is -0.492 e. The average molecular weight is 223 g/mol. The van der Waals surface area contributed by atoms with Crippen molar-refractivity contribution in [2.75, 3.05) is 13.7 Å². The van der Waals surface area contributed by atoms with E-state index in [2.05, 4.69) is 9.72 Å². The minimum absolute atomic E-state index is 0.319. The Bertz CT molecular complexity index is 428. The summed E-state index contributed by atoms with van der Waals surface area (Å²) >= 11 is 0. The first-order chi connectivity index (χ1) is 7.65. The summed E-state index contributed by atoms with van der Waals surface area (Å²) in [5, 5.41) is 9.54. The second-order valence-corrected chi connectivity index (χ2v) is 3.63. The fraction of sp³-hybridized carbons (Fsp3) is 0.455. The highest BCUT2D eigenvalue weighted by atomic mass is 16.5. The summed E-state index contributed by atoms with van der Waals surface area (Å²) in [7, 11) is 1.31. The second kappa shape index (κ2) is 4.09. The molecular weight excluding hydrogens is 210 g/mol. The predicted molar refractivity (Wildman–Crippen MR) is 55.4 cm³/mol. The van der Waals surface area contributed by atoms with Crippen LogP contribution in [0, 0.1) is 0 Å². The molecular formula is C11H13NO4. The molecule has 1 atom stereocenters. The van der Waals surface area contributed by atoms with Crippen LogP contribution in [0.25, 0.3) is 0 Å². The lowest BCUT2D eigenvalue weighted by Crippen LogP contribution is -2.07. The fourth-order valence-electron chi connectivity index (χ4n) is 1.83. The van der Waals surface area contributed by atoms with Crippen molar-refractivity contribution >= 4 is 5.97 Å². The Morgan fingerprint density at radius 2 is 2.44 bits per heavy atom. The number of carbonyl (C=O) groups excluding carboxylic acids is 1. The van der Waals surface area contributed by atoms with Gasteiger partial charge in [0.25, 0.3) is 0 Å². The van der Waals surface area contributed by atoms with Crippen molar-refractivity contribution in [3.63, 3.8) is 0 Å². The summed E-state index contributed by atoms with van der Waals surface area (Å²) < 4.78 is 10.0. The molecule has 0 bridgehead atoms. The molecule has 5 heteroatoms. The number of aromatic nitrogens is 1. The molecule has 1 N–H and O–H groups in total. The highest BCUT2D eigenvalue weighted by molar-refractivity contribution is 5.92. The van der Waals surface area contributed by atoms with E-state index in [-0.39, 0.29) is 0 Å². The van der Waals surface area contributed by atoms with Crippen LogP contribution < -0.4 is 4.74 Å². The summed E-state index contributed by atoms with van der Waals surface area (Å²) in [5.74, 6) is 0.0283. The monoisotopic (exact) mass is 223 g/mol. The number of carbonyl (C=O) groups is 1. The van der Waals surface area contributed by atoms with Crippen molar-refractivity contribution in [2.45, 2.75) is 19.4 Å². The van der Waals surface area contributed by atoms with Gasteiger partial charge in [-0.15, -0.1) is 0 Å². The molecule has 1 unspecified atom stereocenters. The number of methoxy groups -OCH3 is 1. The molecule has 5 nitrogen and oxygen atoms in total. The van der Waals surface area contributed by atoms with Gasteiger partial charge in [-0.1, -0.05) is 0 Å². The maximum atomic E-state index is 11.4. The number of ether oxygens (including phenoxy) is 2. The Morgan fingerprint density at radius 1 is 1.69 bits per heavy atom. The zero-order chi connectivity index (χ0) is 11.7. The lowest BCUT2D eigenvalue weighted by molar-refractivity contribution is 0.0596. The Morgan fingerprint density at radius 3 is 3.06 bits per heavy atom. The maximum Gasteiger partial charge on any atom is 0.343 e. The van der Waals surface area contributed by atoms with E-state index in [9.17, 15) is 9.90 Å². The lowest BCUT2D eigenvalue weighted by Gasteiger charge is -2.11. The molecule has 2 rings (SSSR count). The minimum atomic E-state index is -0.665. The third kappa shape index (κ3) is 1.63. The zero-order valence-corrected chi connectivity index (χ0v) is 9.19. The zero-order valence-electron chi connectivity index (χ0n) is 9.19. The van der Waals surface area contributed by atoms with Gasteiger partial charge in [0.15, 0.2) is 0 Å². The fourth-order valence-corrected chi connectivity index (χ4v) is 1.83. The summed E-state index contributed by atoms with van der Waals surface area (Å²) in [6.45, 7) is 2.14. The third-order valence-electron chi connectivity index (χ3n) is 2.56. The van der Waals surface area contributed by atoms with Crippen molar-refractivity contribution in [3.8, 4) is 5.75 Å². The highest BCUT2D eigenvalue weighted by Crippen LogP contribution is 2.33. The quantitative estimate of drug-likeness (QED) is 0.753. The Kier molecular flexibility index (Phi) is 2.78. The Labute approximate surface area is 93.0 Å². The summed E-state index contributed by atoms with van der Waals surface area (Å²) in [5.41, 5.74) is 1.69. The van der Waals surface area contributed by atoms with Gasteiger partial charge in [-0.2, -0.15) is 0 Å². The molecule has 16 heavy (non-hydrogen) atoms. The number of aliphatic hydroxyl groups excluding tert-OH is 1. The van der Waals surface area contributed by atoms with Gasteiger partial charge in [-0.3, -0.25) is 4.98 Å². The standard InChI is InChI=1S/C11H13NO4/c1-6(13)9-7-3-4-16-10(7)8(5-12-9)11(14)15-2/h5-6,13H,3-4H2,1-2H3. The lowest BCUT2D eigenvalue weighted by atomic mass is 10.0. The molecule has 0 saturated carbocycles. The van der Waals surface area contributed by atoms with Gasteiger partial charge in [0.1, 0.15) is 11.3 Å². The van der Waals surface area contributed by atoms with Crippen molar-refractivity contribution in [1.29, 1.82) is 0 Å². The number of fused-ring (bicyclic) bond motifs is 1. The smallest absolute Gasteiger partial charge is 0.343 e. The van der Waals surface area contributed by atoms with Crippen LogP contribution in [0.1, 0.15) is 34.6 Å². The molecule has 0 aromatic carbocycles. The largest absolute Gasteiger partial charge is 0.492 e. The number of aliphatic hydroxyl groups is 1. The van der Waals surface area contributed by atoms with E-state index < -0.39 is 12.1 Å². The van der Waals surface area contributed by atoms with E-state index >= 15 is 0 Å². The Balaban J connectivity index is 2.53. The first-order valence-corrected chi connectivity index (χ1v) is 5.06. The Hall–Kier alpha value is -1.62. The molecule has 0 amide bonds. The average Bonchev–Trinajstić information content (AvgIpc) is 2.75. The van der Waals surface area contributed by atoms with Gasteiger partial charge in [-0.05, 0) is 6.92 Å². The molecule has 0 radical (unpaired) electrons. The van der Waals surface area contributed by atoms with Crippen molar-refractivity contribution in [3.05, 3.63) is 23.0 Å². The highest BCUT2D eigenvalue weighted by Gasteiger charge is 2.26. The van der Waals surface area contributed by atoms with E-state index in [1.165, 1.54) is 13.3 Å². The van der Waals surface area contributed by atoms with Crippen LogP contribution in [-0.2, 0) is 11.2 Å². The van der Waals surface area contributed by atoms with E-state index in [1.54, 1.807) is 6.92 Å². The summed E-state index contributed by atoms with van der Waals surface area (Å²) in [6.07, 6.45) is 1.38. The molecule has 1 aromatic heterocycles. The topological polar surface area (TPSA) is 68.7 Å². The maximum absolute atomic E-state index is 11.4. The van der Waals surface area contributed by atoms with E-state index in [0.717, 1.165) is 5.56 Å². The molecule has 2 heterocycles. The first kappa shape index (κ1) is 10.9. The summed E-state index contributed by atoms with van der Waals surface area (Å²) in [4.78, 5) is 15.5. The van der Waals surface area contributed by atoms with Gasteiger partial charge < -0.3 is 14.6 Å². The molecule has 1 aliphatic rings. The van der Waals surface area contributed by atoms with Gasteiger partial charge in [0.2, 0.25) is 0 Å². The number of hydrogen-bond donors (Lipinski definition) is 1. The summed E-state index contributed by atoms with van der Waals surface area (Å²) in [6, 6.07) is 0. The number of esters is 1. The number of pyridine rings is 1. The second-order valence-electron chi connectivity index (χ2n) is 3.63. The van der Waals surface area contributed by atoms with Crippen LogP contribution in [0.2, 0.25) is 0 Å².